The maximum atomic E-state index is 13.3. The number of likely N-dealkylation sites (tertiary alicyclic amines) is 1. The monoisotopic (exact) mass is 501 g/mol. The fraction of sp³-hybridized carbons (Fsp3) is 0.333. The van der Waals surface area contributed by atoms with Gasteiger partial charge >= 0.3 is 6.03 Å². The summed E-state index contributed by atoms with van der Waals surface area (Å²) in [4.78, 5) is 28.3. The van der Waals surface area contributed by atoms with Crippen LogP contribution in [0.5, 0.6) is 11.5 Å². The van der Waals surface area contributed by atoms with E-state index in [0.29, 0.717) is 37.5 Å². The molecule has 0 saturated carbocycles. The number of anilines is 1. The molecule has 1 fully saturated rings. The molecule has 37 heavy (non-hydrogen) atoms. The van der Waals surface area contributed by atoms with E-state index in [1.54, 1.807) is 25.2 Å². The van der Waals surface area contributed by atoms with E-state index in [0.717, 1.165) is 28.9 Å². The van der Waals surface area contributed by atoms with E-state index in [1.807, 2.05) is 48.5 Å². The first-order valence-electron chi connectivity index (χ1n) is 12.6. The van der Waals surface area contributed by atoms with Gasteiger partial charge in [0.1, 0.15) is 11.5 Å². The van der Waals surface area contributed by atoms with Gasteiger partial charge in [0.15, 0.2) is 0 Å². The number of benzene rings is 3. The van der Waals surface area contributed by atoms with Gasteiger partial charge in [-0.05, 0) is 55.2 Å². The third kappa shape index (κ3) is 7.03. The molecule has 3 aromatic rings. The molecule has 0 aliphatic carbocycles. The molecule has 2 atom stereocenters. The minimum Gasteiger partial charge on any atom is -0.497 e. The molecule has 3 amide bonds. The molecule has 0 unspecified atom stereocenters. The van der Waals surface area contributed by atoms with Gasteiger partial charge in [-0.25, -0.2) is 4.79 Å². The number of carbonyl (C=O) groups is 2. The van der Waals surface area contributed by atoms with E-state index in [9.17, 15) is 9.59 Å². The smallest absolute Gasteiger partial charge is 0.321 e. The van der Waals surface area contributed by atoms with Crippen LogP contribution in [-0.4, -0.2) is 50.7 Å². The standard InChI is InChI=1S/C30H35N3O4/c1-21-6-4-7-23(16-21)24-17-25(29(34)31-15-14-22-10-12-27(36-2)13-11-22)20-33(19-24)30(35)32-26-8-5-9-28(18-26)37-3/h4-13,16,18,24-25H,14-15,17,19-20H2,1-3H3,(H,31,34)(H,32,35)/t24-,25-/m0/s1. The van der Waals surface area contributed by atoms with E-state index in [2.05, 4.69) is 35.8 Å². The third-order valence-electron chi connectivity index (χ3n) is 6.82. The molecule has 4 rings (SSSR count). The van der Waals surface area contributed by atoms with Crippen molar-refractivity contribution in [2.24, 2.45) is 5.92 Å². The molecule has 3 aromatic carbocycles. The Labute approximate surface area is 218 Å². The Hall–Kier alpha value is -4.00. The topological polar surface area (TPSA) is 79.9 Å². The number of aryl methyl sites for hydroxylation is 1. The number of nitrogens with zero attached hydrogens (tertiary/aromatic N) is 1. The molecule has 0 aromatic heterocycles. The van der Waals surface area contributed by atoms with Crippen molar-refractivity contribution >= 4 is 17.6 Å². The number of carbonyl (C=O) groups excluding carboxylic acids is 2. The Kier molecular flexibility index (Phi) is 8.67. The number of hydrogen-bond acceptors (Lipinski definition) is 4. The Balaban J connectivity index is 1.44. The first-order valence-corrected chi connectivity index (χ1v) is 12.6. The van der Waals surface area contributed by atoms with Crippen molar-refractivity contribution in [1.29, 1.82) is 0 Å². The quantitative estimate of drug-likeness (QED) is 0.455. The summed E-state index contributed by atoms with van der Waals surface area (Å²) in [6.07, 6.45) is 1.42. The van der Waals surface area contributed by atoms with E-state index in [1.165, 1.54) is 0 Å². The largest absolute Gasteiger partial charge is 0.497 e. The lowest BCUT2D eigenvalue weighted by Crippen LogP contribution is -2.49. The maximum absolute atomic E-state index is 13.3. The normalized spacial score (nSPS) is 17.1. The highest BCUT2D eigenvalue weighted by molar-refractivity contribution is 5.90. The van der Waals surface area contributed by atoms with Gasteiger partial charge < -0.3 is 25.0 Å². The van der Waals surface area contributed by atoms with E-state index in [-0.39, 0.29) is 23.8 Å². The lowest BCUT2D eigenvalue weighted by atomic mass is 9.83. The molecule has 7 nitrogen and oxygen atoms in total. The van der Waals surface area contributed by atoms with E-state index in [4.69, 9.17) is 9.47 Å². The van der Waals surface area contributed by atoms with Crippen LogP contribution in [0, 0.1) is 12.8 Å². The molecule has 0 bridgehead atoms. The zero-order chi connectivity index (χ0) is 26.2. The Morgan fingerprint density at radius 1 is 0.919 bits per heavy atom. The van der Waals surface area contributed by atoms with Crippen LogP contribution in [0.15, 0.2) is 72.8 Å². The second kappa shape index (κ2) is 12.3. The van der Waals surface area contributed by atoms with Gasteiger partial charge in [-0.3, -0.25) is 4.79 Å². The van der Waals surface area contributed by atoms with Gasteiger partial charge in [0.25, 0.3) is 0 Å². The average Bonchev–Trinajstić information content (AvgIpc) is 2.93. The number of urea groups is 1. The van der Waals surface area contributed by atoms with Crippen molar-refractivity contribution in [3.63, 3.8) is 0 Å². The summed E-state index contributed by atoms with van der Waals surface area (Å²) in [5.74, 6) is 1.23. The number of ether oxygens (including phenoxy) is 2. The second-order valence-electron chi connectivity index (χ2n) is 9.50. The van der Waals surface area contributed by atoms with Crippen LogP contribution >= 0.6 is 0 Å². The van der Waals surface area contributed by atoms with Crippen LogP contribution in [0.25, 0.3) is 0 Å². The highest BCUT2D eigenvalue weighted by Gasteiger charge is 2.34. The Morgan fingerprint density at radius 3 is 2.41 bits per heavy atom. The minimum atomic E-state index is -0.300. The van der Waals surface area contributed by atoms with Crippen molar-refractivity contribution in [2.75, 3.05) is 39.2 Å². The third-order valence-corrected chi connectivity index (χ3v) is 6.82. The van der Waals surface area contributed by atoms with Gasteiger partial charge in [-0.15, -0.1) is 0 Å². The first kappa shape index (κ1) is 26.1. The summed E-state index contributed by atoms with van der Waals surface area (Å²) in [5, 5.41) is 6.06. The number of methoxy groups -OCH3 is 2. The molecule has 7 heteroatoms. The highest BCUT2D eigenvalue weighted by atomic mass is 16.5. The lowest BCUT2D eigenvalue weighted by Gasteiger charge is -2.37. The van der Waals surface area contributed by atoms with Crippen molar-refractivity contribution in [1.82, 2.24) is 10.2 Å². The van der Waals surface area contributed by atoms with Gasteiger partial charge in [-0.1, -0.05) is 48.0 Å². The number of hydrogen-bond donors (Lipinski definition) is 2. The van der Waals surface area contributed by atoms with Crippen molar-refractivity contribution < 1.29 is 19.1 Å². The summed E-state index contributed by atoms with van der Waals surface area (Å²) < 4.78 is 10.5. The number of nitrogens with one attached hydrogen (secondary N) is 2. The summed E-state index contributed by atoms with van der Waals surface area (Å²) in [6, 6.07) is 23.2. The Bertz CT molecular complexity index is 1210. The van der Waals surface area contributed by atoms with Crippen LogP contribution in [0.1, 0.15) is 29.0 Å². The van der Waals surface area contributed by atoms with E-state index < -0.39 is 0 Å². The number of amides is 3. The van der Waals surface area contributed by atoms with Crippen molar-refractivity contribution in [3.8, 4) is 11.5 Å². The van der Waals surface area contributed by atoms with Gasteiger partial charge in [0, 0.05) is 37.3 Å². The second-order valence-corrected chi connectivity index (χ2v) is 9.50. The molecule has 1 aliphatic heterocycles. The average molecular weight is 502 g/mol. The summed E-state index contributed by atoms with van der Waals surface area (Å²) in [5.41, 5.74) is 4.09. The molecule has 1 aliphatic rings. The summed E-state index contributed by atoms with van der Waals surface area (Å²) in [6.45, 7) is 3.51. The van der Waals surface area contributed by atoms with Crippen molar-refractivity contribution in [2.45, 2.75) is 25.7 Å². The fourth-order valence-corrected chi connectivity index (χ4v) is 4.79. The SMILES string of the molecule is COc1ccc(CCNC(=O)[C@H]2C[C@H](c3cccc(C)c3)CN(C(=O)Nc3cccc(OC)c3)C2)cc1. The minimum absolute atomic E-state index is 0.0231. The van der Waals surface area contributed by atoms with Gasteiger partial charge in [0.2, 0.25) is 5.91 Å². The van der Waals surface area contributed by atoms with Crippen molar-refractivity contribution in [3.05, 3.63) is 89.5 Å². The maximum Gasteiger partial charge on any atom is 0.321 e. The zero-order valence-corrected chi connectivity index (χ0v) is 21.7. The molecule has 1 heterocycles. The van der Waals surface area contributed by atoms with Gasteiger partial charge in [-0.2, -0.15) is 0 Å². The highest BCUT2D eigenvalue weighted by Crippen LogP contribution is 2.31. The number of piperidine rings is 1. The van der Waals surface area contributed by atoms with Crippen LogP contribution in [0.3, 0.4) is 0 Å². The molecular weight excluding hydrogens is 466 g/mol. The van der Waals surface area contributed by atoms with Crippen LogP contribution < -0.4 is 20.1 Å². The molecule has 1 saturated heterocycles. The zero-order valence-electron chi connectivity index (χ0n) is 21.7. The molecule has 2 N–H and O–H groups in total. The molecular formula is C30H35N3O4. The molecule has 0 radical (unpaired) electrons. The van der Waals surface area contributed by atoms with Gasteiger partial charge in [0.05, 0.1) is 20.1 Å². The van der Waals surface area contributed by atoms with E-state index >= 15 is 0 Å². The van der Waals surface area contributed by atoms with Crippen LogP contribution in [0.4, 0.5) is 10.5 Å². The van der Waals surface area contributed by atoms with Crippen LogP contribution in [0.2, 0.25) is 0 Å². The lowest BCUT2D eigenvalue weighted by molar-refractivity contribution is -0.126. The Morgan fingerprint density at radius 2 is 1.68 bits per heavy atom. The first-order chi connectivity index (χ1) is 17.9. The molecule has 194 valence electrons. The summed E-state index contributed by atoms with van der Waals surface area (Å²) in [7, 11) is 3.24. The molecule has 0 spiro atoms. The fourth-order valence-electron chi connectivity index (χ4n) is 4.79. The number of rotatable bonds is 8. The van der Waals surface area contributed by atoms with Crippen LogP contribution in [-0.2, 0) is 11.2 Å². The summed E-state index contributed by atoms with van der Waals surface area (Å²) >= 11 is 0. The predicted octanol–water partition coefficient (Wildman–Crippen LogP) is 5.01. The predicted molar refractivity (Wildman–Crippen MR) is 145 cm³/mol.